The maximum atomic E-state index is 13.8. The molecule has 174 valence electrons. The highest BCUT2D eigenvalue weighted by Crippen LogP contribution is 2.54. The number of hydrogen-bond acceptors (Lipinski definition) is 4. The zero-order valence-electron chi connectivity index (χ0n) is 19.3. The Bertz CT molecular complexity index is 1020. The zero-order chi connectivity index (χ0) is 23.2. The minimum atomic E-state index is -0.892. The summed E-state index contributed by atoms with van der Waals surface area (Å²) in [6.45, 7) is 6.37. The molecule has 1 aliphatic carbocycles. The van der Waals surface area contributed by atoms with E-state index in [1.54, 1.807) is 12.1 Å². The molecule has 6 heteroatoms. The number of phenolic OH excluding ortho intramolecular Hbond substituents is 1. The summed E-state index contributed by atoms with van der Waals surface area (Å²) in [5, 5.41) is 15.9. The molecule has 0 radical (unpaired) electrons. The number of fused-ring (bicyclic) bond motifs is 1. The smallest absolute Gasteiger partial charge is 0.248 e. The van der Waals surface area contributed by atoms with E-state index in [1.165, 1.54) is 5.56 Å². The van der Waals surface area contributed by atoms with Crippen molar-refractivity contribution in [2.24, 2.45) is 23.7 Å². The van der Waals surface area contributed by atoms with Crippen molar-refractivity contribution >= 4 is 11.8 Å². The predicted molar refractivity (Wildman–Crippen MR) is 126 cm³/mol. The van der Waals surface area contributed by atoms with Gasteiger partial charge in [-0.25, -0.2) is 0 Å². The van der Waals surface area contributed by atoms with Gasteiger partial charge in [-0.3, -0.25) is 14.5 Å². The molecule has 33 heavy (non-hydrogen) atoms. The topological polar surface area (TPSA) is 81.7 Å². The van der Waals surface area contributed by atoms with Crippen molar-refractivity contribution in [2.75, 3.05) is 6.54 Å². The number of likely N-dealkylation sites (tertiary alicyclic amines) is 1. The number of carbonyl (C=O) groups excluding carboxylic acids is 2. The summed E-state index contributed by atoms with van der Waals surface area (Å²) >= 11 is 0. The largest absolute Gasteiger partial charge is 0.508 e. The molecule has 3 N–H and O–H groups in total. The van der Waals surface area contributed by atoms with Gasteiger partial charge in [0.1, 0.15) is 11.3 Å². The third-order valence-electron chi connectivity index (χ3n) is 7.82. The first-order valence-electron chi connectivity index (χ1n) is 12.0. The van der Waals surface area contributed by atoms with Gasteiger partial charge >= 0.3 is 0 Å². The quantitative estimate of drug-likeness (QED) is 0.609. The summed E-state index contributed by atoms with van der Waals surface area (Å²) in [7, 11) is 0. The van der Waals surface area contributed by atoms with E-state index in [1.807, 2.05) is 18.2 Å². The molecule has 4 aliphatic rings. The second-order valence-corrected chi connectivity index (χ2v) is 10.4. The van der Waals surface area contributed by atoms with Gasteiger partial charge in [0.2, 0.25) is 11.8 Å². The molecular formula is C27H33N3O3. The Morgan fingerprint density at radius 3 is 2.58 bits per heavy atom. The van der Waals surface area contributed by atoms with E-state index in [-0.39, 0.29) is 41.4 Å². The minimum Gasteiger partial charge on any atom is -0.508 e. The van der Waals surface area contributed by atoms with Gasteiger partial charge in [-0.05, 0) is 47.9 Å². The van der Waals surface area contributed by atoms with Crippen molar-refractivity contribution < 1.29 is 14.7 Å². The van der Waals surface area contributed by atoms with Crippen LogP contribution in [-0.4, -0.2) is 39.9 Å². The van der Waals surface area contributed by atoms with E-state index in [0.717, 1.165) is 31.5 Å². The molecule has 4 fully saturated rings. The third-order valence-corrected chi connectivity index (χ3v) is 7.82. The summed E-state index contributed by atoms with van der Waals surface area (Å²) in [5.41, 5.74) is 1.26. The Morgan fingerprint density at radius 2 is 1.88 bits per heavy atom. The van der Waals surface area contributed by atoms with Crippen LogP contribution in [0.5, 0.6) is 5.75 Å². The summed E-state index contributed by atoms with van der Waals surface area (Å²) in [4.78, 5) is 29.4. The van der Waals surface area contributed by atoms with Gasteiger partial charge in [-0.15, -0.1) is 0 Å². The molecule has 1 saturated carbocycles. The SMILES string of the molecule is CC(C)CC1C2CC3CN(Cc4ccccc4)C1C3(C(=O)NCc1ccc(O)cc1)NC2=O. The van der Waals surface area contributed by atoms with Crippen molar-refractivity contribution in [1.29, 1.82) is 0 Å². The van der Waals surface area contributed by atoms with Crippen LogP contribution in [0.25, 0.3) is 0 Å². The number of benzene rings is 2. The van der Waals surface area contributed by atoms with Crippen LogP contribution in [0, 0.1) is 23.7 Å². The minimum absolute atomic E-state index is 0.0126. The summed E-state index contributed by atoms with van der Waals surface area (Å²) in [5.74, 6) is 0.869. The molecular weight excluding hydrogens is 414 g/mol. The molecule has 2 aromatic rings. The molecule has 6 nitrogen and oxygen atoms in total. The van der Waals surface area contributed by atoms with Crippen LogP contribution in [0.15, 0.2) is 54.6 Å². The number of phenols is 1. The van der Waals surface area contributed by atoms with Crippen LogP contribution >= 0.6 is 0 Å². The predicted octanol–water partition coefficient (Wildman–Crippen LogP) is 3.06. The van der Waals surface area contributed by atoms with Gasteiger partial charge in [0.15, 0.2) is 0 Å². The number of aromatic hydroxyl groups is 1. The lowest BCUT2D eigenvalue weighted by Gasteiger charge is -2.55. The van der Waals surface area contributed by atoms with Crippen LogP contribution in [0.4, 0.5) is 0 Å². The van der Waals surface area contributed by atoms with Gasteiger partial charge in [0.05, 0.1) is 0 Å². The van der Waals surface area contributed by atoms with Gasteiger partial charge < -0.3 is 15.7 Å². The van der Waals surface area contributed by atoms with E-state index >= 15 is 0 Å². The van der Waals surface area contributed by atoms with E-state index in [4.69, 9.17) is 0 Å². The molecule has 3 saturated heterocycles. The molecule has 2 amide bonds. The fraction of sp³-hybridized carbons (Fsp3) is 0.481. The van der Waals surface area contributed by atoms with Crippen LogP contribution in [-0.2, 0) is 22.7 Å². The number of nitrogens with one attached hydrogen (secondary N) is 2. The Morgan fingerprint density at radius 1 is 1.15 bits per heavy atom. The molecule has 0 aromatic heterocycles. The number of nitrogens with zero attached hydrogens (tertiary/aromatic N) is 1. The monoisotopic (exact) mass is 447 g/mol. The number of carbonyl (C=O) groups is 2. The number of amides is 2. The molecule has 5 unspecified atom stereocenters. The van der Waals surface area contributed by atoms with Crippen molar-refractivity contribution in [2.45, 2.75) is 51.4 Å². The van der Waals surface area contributed by atoms with Crippen LogP contribution in [0.2, 0.25) is 0 Å². The van der Waals surface area contributed by atoms with Crippen molar-refractivity contribution in [1.82, 2.24) is 15.5 Å². The third kappa shape index (κ3) is 3.80. The van der Waals surface area contributed by atoms with Crippen molar-refractivity contribution in [3.63, 3.8) is 0 Å². The summed E-state index contributed by atoms with van der Waals surface area (Å²) < 4.78 is 0. The van der Waals surface area contributed by atoms with Crippen molar-refractivity contribution in [3.8, 4) is 5.75 Å². The lowest BCUT2D eigenvalue weighted by atomic mass is 9.57. The van der Waals surface area contributed by atoms with Crippen LogP contribution in [0.3, 0.4) is 0 Å². The average molecular weight is 448 g/mol. The number of piperidine rings is 2. The van der Waals surface area contributed by atoms with E-state index in [0.29, 0.717) is 12.5 Å². The first-order chi connectivity index (χ1) is 15.9. The molecule has 0 spiro atoms. The Hall–Kier alpha value is -2.86. The summed E-state index contributed by atoms with van der Waals surface area (Å²) in [6.07, 6.45) is 1.71. The molecule has 4 bridgehead atoms. The lowest BCUT2D eigenvalue weighted by molar-refractivity contribution is -0.155. The fourth-order valence-corrected chi connectivity index (χ4v) is 6.55. The maximum Gasteiger partial charge on any atom is 0.248 e. The maximum absolute atomic E-state index is 13.8. The molecule has 2 aromatic carbocycles. The Labute approximate surface area is 195 Å². The van der Waals surface area contributed by atoms with Gasteiger partial charge in [0.25, 0.3) is 0 Å². The fourth-order valence-electron chi connectivity index (χ4n) is 6.55. The van der Waals surface area contributed by atoms with E-state index < -0.39 is 5.54 Å². The average Bonchev–Trinajstić information content (AvgIpc) is 3.02. The highest BCUT2D eigenvalue weighted by molar-refractivity contribution is 5.97. The van der Waals surface area contributed by atoms with Crippen LogP contribution in [0.1, 0.15) is 37.8 Å². The van der Waals surface area contributed by atoms with Gasteiger partial charge in [0, 0.05) is 37.5 Å². The molecule has 3 aliphatic heterocycles. The highest BCUT2D eigenvalue weighted by atomic mass is 16.3. The second kappa shape index (κ2) is 8.49. The summed E-state index contributed by atoms with van der Waals surface area (Å²) in [6, 6.07) is 17.2. The van der Waals surface area contributed by atoms with Gasteiger partial charge in [-0.2, -0.15) is 0 Å². The van der Waals surface area contributed by atoms with Gasteiger partial charge in [-0.1, -0.05) is 56.3 Å². The van der Waals surface area contributed by atoms with Crippen LogP contribution < -0.4 is 10.6 Å². The first kappa shape index (κ1) is 22.0. The molecule has 6 rings (SSSR count). The van der Waals surface area contributed by atoms with E-state index in [2.05, 4.69) is 53.6 Å². The second-order valence-electron chi connectivity index (χ2n) is 10.4. The first-order valence-corrected chi connectivity index (χ1v) is 12.0. The Kier molecular flexibility index (Phi) is 5.65. The highest BCUT2D eigenvalue weighted by Gasteiger charge is 2.70. The van der Waals surface area contributed by atoms with E-state index in [9.17, 15) is 14.7 Å². The zero-order valence-corrected chi connectivity index (χ0v) is 19.3. The number of hydrogen-bond donors (Lipinski definition) is 3. The Balaban J connectivity index is 1.46. The normalized spacial score (nSPS) is 30.5. The lowest BCUT2D eigenvalue weighted by Crippen LogP contribution is -2.77. The number of rotatable bonds is 7. The van der Waals surface area contributed by atoms with Crippen molar-refractivity contribution in [3.05, 3.63) is 65.7 Å². The molecule has 3 heterocycles. The standard InChI is InChI=1S/C27H33N3O3/c1-17(2)12-22-23-13-20-16-30(15-19-6-4-3-5-7-19)24(22)27(20,29-25(23)32)26(33)28-14-18-8-10-21(31)11-9-18/h3-11,17,20,22-24,31H,12-16H2,1-2H3,(H,28,33)(H,29,32). The molecule has 5 atom stereocenters.